The molecule has 1 saturated heterocycles. The van der Waals surface area contributed by atoms with Crippen LogP contribution >= 0.6 is 27.5 Å². The Hall–Kier alpha value is -2.66. The minimum absolute atomic E-state index is 0.103. The second-order valence-electron chi connectivity index (χ2n) is 9.62. The standard InChI is InChI=1S/C28H31BrClFN4O3S/c1-34(2)27-14-13-19(39(37,38)35-15-6-3-7-16-35)17-26(27)33-28(36)32-25(20-9-4-5-10-22(20)29)18-21-23(30)11-8-12-24(21)31/h4-5,8-14,17,25H,3,6-7,15-16,18H2,1-2H3,(H2,32,33,36). The molecule has 3 aromatic rings. The van der Waals surface area contributed by atoms with E-state index in [0.29, 0.717) is 24.5 Å². The van der Waals surface area contributed by atoms with E-state index in [4.69, 9.17) is 11.6 Å². The third-order valence-corrected chi connectivity index (χ3v) is 9.68. The number of carbonyl (C=O) groups is 1. The molecule has 4 rings (SSSR count). The maximum atomic E-state index is 14.7. The summed E-state index contributed by atoms with van der Waals surface area (Å²) in [6.45, 7) is 0.959. The van der Waals surface area contributed by atoms with Gasteiger partial charge in [-0.2, -0.15) is 4.31 Å². The van der Waals surface area contributed by atoms with Crippen molar-refractivity contribution in [3.05, 3.63) is 87.1 Å². The molecule has 1 atom stereocenters. The van der Waals surface area contributed by atoms with Crippen LogP contribution < -0.4 is 15.5 Å². The summed E-state index contributed by atoms with van der Waals surface area (Å²) in [6.07, 6.45) is 2.76. The van der Waals surface area contributed by atoms with Crippen LogP contribution in [-0.4, -0.2) is 45.9 Å². The molecular weight excluding hydrogens is 607 g/mol. The number of nitrogens with zero attached hydrogens (tertiary/aromatic N) is 2. The molecule has 1 fully saturated rings. The van der Waals surface area contributed by atoms with E-state index in [1.165, 1.54) is 22.5 Å². The lowest BCUT2D eigenvalue weighted by Gasteiger charge is -2.27. The van der Waals surface area contributed by atoms with E-state index in [2.05, 4.69) is 26.6 Å². The summed E-state index contributed by atoms with van der Waals surface area (Å²) in [7, 11) is -0.0904. The van der Waals surface area contributed by atoms with Gasteiger partial charge in [-0.15, -0.1) is 0 Å². The predicted octanol–water partition coefficient (Wildman–Crippen LogP) is 6.59. The van der Waals surface area contributed by atoms with Crippen LogP contribution in [0.15, 0.2) is 70.0 Å². The normalized spacial score (nSPS) is 15.0. The van der Waals surface area contributed by atoms with Gasteiger partial charge in [0.15, 0.2) is 0 Å². The highest BCUT2D eigenvalue weighted by Crippen LogP contribution is 2.32. The molecule has 0 spiro atoms. The van der Waals surface area contributed by atoms with Crippen LogP contribution in [-0.2, 0) is 16.4 Å². The van der Waals surface area contributed by atoms with Crippen molar-refractivity contribution in [2.75, 3.05) is 37.4 Å². The Bertz CT molecular complexity index is 1430. The minimum Gasteiger partial charge on any atom is -0.376 e. The average molecular weight is 638 g/mol. The predicted molar refractivity (Wildman–Crippen MR) is 158 cm³/mol. The lowest BCUT2D eigenvalue weighted by atomic mass is 9.98. The van der Waals surface area contributed by atoms with Crippen LogP contribution in [0.25, 0.3) is 0 Å². The van der Waals surface area contributed by atoms with Crippen LogP contribution in [0.3, 0.4) is 0 Å². The van der Waals surface area contributed by atoms with Crippen LogP contribution in [0, 0.1) is 5.82 Å². The number of sulfonamides is 1. The van der Waals surface area contributed by atoms with E-state index < -0.39 is 27.9 Å². The molecule has 1 heterocycles. The first-order valence-corrected chi connectivity index (χ1v) is 15.3. The van der Waals surface area contributed by atoms with E-state index in [-0.39, 0.29) is 21.9 Å². The summed E-state index contributed by atoms with van der Waals surface area (Å²) in [5.74, 6) is -0.465. The van der Waals surface area contributed by atoms with E-state index in [1.54, 1.807) is 37.2 Å². The molecule has 1 unspecified atom stereocenters. The Balaban J connectivity index is 1.63. The molecule has 2 amide bonds. The number of piperidine rings is 1. The zero-order valence-electron chi connectivity index (χ0n) is 21.8. The number of amides is 2. The zero-order chi connectivity index (χ0) is 28.2. The lowest BCUT2D eigenvalue weighted by Crippen LogP contribution is -2.36. The zero-order valence-corrected chi connectivity index (χ0v) is 24.9. The van der Waals surface area contributed by atoms with Gasteiger partial charge in [-0.1, -0.05) is 58.2 Å². The monoisotopic (exact) mass is 636 g/mol. The molecule has 0 radical (unpaired) electrons. The van der Waals surface area contributed by atoms with Crippen molar-refractivity contribution < 1.29 is 17.6 Å². The Labute approximate surface area is 242 Å². The number of rotatable bonds is 8. The fraction of sp³-hybridized carbons (Fsp3) is 0.321. The smallest absolute Gasteiger partial charge is 0.319 e. The van der Waals surface area contributed by atoms with Crippen LogP contribution in [0.2, 0.25) is 5.02 Å². The quantitative estimate of drug-likeness (QED) is 0.292. The Morgan fingerprint density at radius 1 is 1.08 bits per heavy atom. The first-order valence-electron chi connectivity index (χ1n) is 12.6. The number of anilines is 2. The molecule has 7 nitrogen and oxygen atoms in total. The van der Waals surface area contributed by atoms with Crippen LogP contribution in [0.5, 0.6) is 0 Å². The molecule has 2 N–H and O–H groups in total. The van der Waals surface area contributed by atoms with E-state index in [1.807, 2.05) is 24.3 Å². The van der Waals surface area contributed by atoms with Crippen molar-refractivity contribution in [1.29, 1.82) is 0 Å². The van der Waals surface area contributed by atoms with Crippen molar-refractivity contribution in [3.63, 3.8) is 0 Å². The Kier molecular flexibility index (Phi) is 9.53. The maximum Gasteiger partial charge on any atom is 0.319 e. The third-order valence-electron chi connectivity index (χ3n) is 6.71. The van der Waals surface area contributed by atoms with Crippen molar-refractivity contribution >= 4 is 55.0 Å². The highest BCUT2D eigenvalue weighted by molar-refractivity contribution is 9.10. The molecule has 0 aliphatic carbocycles. The highest BCUT2D eigenvalue weighted by Gasteiger charge is 2.27. The van der Waals surface area contributed by atoms with Crippen molar-refractivity contribution in [1.82, 2.24) is 9.62 Å². The van der Waals surface area contributed by atoms with Gasteiger partial charge in [-0.3, -0.25) is 0 Å². The molecule has 3 aromatic carbocycles. The molecule has 0 aromatic heterocycles. The molecule has 39 heavy (non-hydrogen) atoms. The van der Waals surface area contributed by atoms with E-state index in [9.17, 15) is 17.6 Å². The summed E-state index contributed by atoms with van der Waals surface area (Å²) in [5.41, 5.74) is 1.99. The van der Waals surface area contributed by atoms with Crippen LogP contribution in [0.4, 0.5) is 20.6 Å². The molecular formula is C28H31BrClFN4O3S. The van der Waals surface area contributed by atoms with Gasteiger partial charge in [0.1, 0.15) is 5.82 Å². The second kappa shape index (κ2) is 12.7. The SMILES string of the molecule is CN(C)c1ccc(S(=O)(=O)N2CCCCC2)cc1NC(=O)NC(Cc1c(F)cccc1Cl)c1ccccc1Br. The number of halogens is 3. The number of nitrogens with one attached hydrogen (secondary N) is 2. The first-order chi connectivity index (χ1) is 18.6. The highest BCUT2D eigenvalue weighted by atomic mass is 79.9. The Morgan fingerprint density at radius 2 is 1.79 bits per heavy atom. The second-order valence-corrected chi connectivity index (χ2v) is 12.8. The largest absolute Gasteiger partial charge is 0.376 e. The summed E-state index contributed by atoms with van der Waals surface area (Å²) in [5, 5.41) is 6.02. The van der Waals surface area contributed by atoms with Gasteiger partial charge in [0.2, 0.25) is 10.0 Å². The molecule has 11 heteroatoms. The average Bonchev–Trinajstić information content (AvgIpc) is 2.91. The maximum absolute atomic E-state index is 14.7. The summed E-state index contributed by atoms with van der Waals surface area (Å²) < 4.78 is 43.5. The van der Waals surface area contributed by atoms with E-state index >= 15 is 0 Å². The molecule has 0 saturated carbocycles. The fourth-order valence-electron chi connectivity index (χ4n) is 4.66. The van der Waals surface area contributed by atoms with Gasteiger partial charge in [0, 0.05) is 48.7 Å². The van der Waals surface area contributed by atoms with Gasteiger partial charge in [0.25, 0.3) is 0 Å². The topological polar surface area (TPSA) is 81.8 Å². The van der Waals surface area contributed by atoms with Crippen LogP contribution in [0.1, 0.15) is 36.4 Å². The summed E-state index contributed by atoms with van der Waals surface area (Å²) >= 11 is 9.83. The number of hydrogen-bond acceptors (Lipinski definition) is 4. The van der Waals surface area contributed by atoms with Crippen molar-refractivity contribution in [2.45, 2.75) is 36.6 Å². The van der Waals surface area contributed by atoms with Gasteiger partial charge < -0.3 is 15.5 Å². The van der Waals surface area contributed by atoms with Crippen molar-refractivity contribution in [2.24, 2.45) is 0 Å². The fourth-order valence-corrected chi connectivity index (χ4v) is 7.01. The van der Waals surface area contributed by atoms with Gasteiger partial charge in [-0.05, 0) is 54.8 Å². The molecule has 0 bridgehead atoms. The number of benzene rings is 3. The molecule has 1 aliphatic heterocycles. The van der Waals surface area contributed by atoms with Gasteiger partial charge >= 0.3 is 6.03 Å². The summed E-state index contributed by atoms with van der Waals surface area (Å²) in [4.78, 5) is 15.3. The third kappa shape index (κ3) is 6.92. The number of hydrogen-bond donors (Lipinski definition) is 2. The lowest BCUT2D eigenvalue weighted by molar-refractivity contribution is 0.248. The van der Waals surface area contributed by atoms with Gasteiger partial charge in [-0.25, -0.2) is 17.6 Å². The van der Waals surface area contributed by atoms with E-state index in [0.717, 1.165) is 29.3 Å². The minimum atomic E-state index is -3.70. The Morgan fingerprint density at radius 3 is 2.46 bits per heavy atom. The number of urea groups is 1. The van der Waals surface area contributed by atoms with Gasteiger partial charge in [0.05, 0.1) is 22.3 Å². The first kappa shape index (κ1) is 29.3. The molecule has 1 aliphatic rings. The number of carbonyl (C=O) groups excluding carboxylic acids is 1. The van der Waals surface area contributed by atoms with Crippen molar-refractivity contribution in [3.8, 4) is 0 Å². The molecule has 208 valence electrons. The summed E-state index contributed by atoms with van der Waals surface area (Å²) in [6, 6.07) is 15.3.